The van der Waals surface area contributed by atoms with Crippen LogP contribution in [0.4, 0.5) is 9.59 Å². The van der Waals surface area contributed by atoms with E-state index in [4.69, 9.17) is 14.2 Å². The highest BCUT2D eigenvalue weighted by Crippen LogP contribution is 2.17. The minimum absolute atomic E-state index is 0.0685. The third kappa shape index (κ3) is 6.88. The number of benzene rings is 1. The first-order valence-corrected chi connectivity index (χ1v) is 9.15. The number of ether oxygens (including phenoxy) is 3. The van der Waals surface area contributed by atoms with Crippen LogP contribution in [0.3, 0.4) is 0 Å². The first-order valence-electron chi connectivity index (χ1n) is 9.15. The van der Waals surface area contributed by atoms with Gasteiger partial charge in [0.2, 0.25) is 0 Å². The van der Waals surface area contributed by atoms with Crippen LogP contribution in [0.15, 0.2) is 24.3 Å². The van der Waals surface area contributed by atoms with E-state index in [2.05, 4.69) is 5.32 Å². The molecule has 0 aromatic heterocycles. The summed E-state index contributed by atoms with van der Waals surface area (Å²) in [5.74, 6) is 1.42. The number of urea groups is 1. The highest BCUT2D eigenvalue weighted by atomic mass is 16.6. The molecule has 0 aliphatic carbocycles. The van der Waals surface area contributed by atoms with E-state index in [-0.39, 0.29) is 18.9 Å². The molecule has 1 N–H and O–H groups in total. The molecule has 0 saturated carbocycles. The molecule has 1 aliphatic rings. The molecule has 1 fully saturated rings. The number of rotatable bonds is 5. The summed E-state index contributed by atoms with van der Waals surface area (Å²) < 4.78 is 16.2. The van der Waals surface area contributed by atoms with Gasteiger partial charge >= 0.3 is 12.1 Å². The van der Waals surface area contributed by atoms with E-state index < -0.39 is 5.60 Å². The predicted molar refractivity (Wildman–Crippen MR) is 101 cm³/mol. The summed E-state index contributed by atoms with van der Waals surface area (Å²) in [6.45, 7) is 9.90. The van der Waals surface area contributed by atoms with Crippen LogP contribution in [0.5, 0.6) is 11.5 Å². The van der Waals surface area contributed by atoms with Gasteiger partial charge in [-0.05, 0) is 52.0 Å². The zero-order valence-electron chi connectivity index (χ0n) is 16.5. The van der Waals surface area contributed by atoms with Crippen LogP contribution in [-0.4, -0.2) is 67.0 Å². The number of carbonyl (C=O) groups excluding carboxylic acids is 2. The van der Waals surface area contributed by atoms with Gasteiger partial charge in [0.25, 0.3) is 0 Å². The number of nitrogens with zero attached hydrogens (tertiary/aromatic N) is 2. The lowest BCUT2D eigenvalue weighted by molar-refractivity contribution is 0.0168. The quantitative estimate of drug-likeness (QED) is 0.796. The summed E-state index contributed by atoms with van der Waals surface area (Å²) in [7, 11) is 0. The first-order chi connectivity index (χ1) is 12.8. The van der Waals surface area contributed by atoms with Gasteiger partial charge in [0.15, 0.2) is 6.73 Å². The molecule has 0 spiro atoms. The van der Waals surface area contributed by atoms with Crippen LogP contribution in [0.1, 0.15) is 27.7 Å². The molecule has 27 heavy (non-hydrogen) atoms. The molecule has 0 radical (unpaired) electrons. The van der Waals surface area contributed by atoms with Crippen LogP contribution in [0, 0.1) is 0 Å². The normalized spacial score (nSPS) is 14.5. The maximum Gasteiger partial charge on any atom is 0.410 e. The van der Waals surface area contributed by atoms with Crippen molar-refractivity contribution in [1.82, 2.24) is 15.1 Å². The summed E-state index contributed by atoms with van der Waals surface area (Å²) in [5, 5.41) is 2.72. The molecule has 8 nitrogen and oxygen atoms in total. The Balaban J connectivity index is 1.69. The number of carbonyl (C=O) groups is 2. The van der Waals surface area contributed by atoms with E-state index in [9.17, 15) is 9.59 Å². The average molecular weight is 379 g/mol. The fourth-order valence-electron chi connectivity index (χ4n) is 2.51. The topological polar surface area (TPSA) is 80.3 Å². The minimum Gasteiger partial charge on any atom is -0.494 e. The van der Waals surface area contributed by atoms with Gasteiger partial charge < -0.3 is 29.3 Å². The van der Waals surface area contributed by atoms with Crippen LogP contribution < -0.4 is 14.8 Å². The summed E-state index contributed by atoms with van der Waals surface area (Å²) in [5.41, 5.74) is -0.524. The van der Waals surface area contributed by atoms with Crippen molar-refractivity contribution in [3.05, 3.63) is 24.3 Å². The maximum atomic E-state index is 12.2. The monoisotopic (exact) mass is 379 g/mol. The molecule has 150 valence electrons. The van der Waals surface area contributed by atoms with Crippen molar-refractivity contribution >= 4 is 12.1 Å². The molecule has 1 aromatic carbocycles. The van der Waals surface area contributed by atoms with Crippen molar-refractivity contribution in [2.75, 3.05) is 39.5 Å². The molecule has 0 atom stereocenters. The molecule has 1 heterocycles. The predicted octanol–water partition coefficient (Wildman–Crippen LogP) is 2.68. The molecule has 1 saturated heterocycles. The van der Waals surface area contributed by atoms with Crippen molar-refractivity contribution in [1.29, 1.82) is 0 Å². The van der Waals surface area contributed by atoms with Gasteiger partial charge in [0, 0.05) is 26.2 Å². The lowest BCUT2D eigenvalue weighted by Crippen LogP contribution is -2.54. The van der Waals surface area contributed by atoms with Gasteiger partial charge in [-0.25, -0.2) is 9.59 Å². The third-order valence-electron chi connectivity index (χ3n) is 3.82. The minimum atomic E-state index is -0.524. The standard InChI is InChI=1S/C19H29N3O5/c1-5-25-15-6-8-16(9-7-15)26-14-20-17(23)21-10-12-22(13-11-21)18(24)27-19(2,3)4/h6-9H,5,10-14H2,1-4H3,(H,20,23). The smallest absolute Gasteiger partial charge is 0.410 e. The van der Waals surface area contributed by atoms with Crippen molar-refractivity contribution in [3.8, 4) is 11.5 Å². The molecule has 3 amide bonds. The molecule has 8 heteroatoms. The summed E-state index contributed by atoms with van der Waals surface area (Å²) in [4.78, 5) is 27.5. The molecule has 0 unspecified atom stereocenters. The Morgan fingerprint density at radius 1 is 0.963 bits per heavy atom. The van der Waals surface area contributed by atoms with E-state index in [1.165, 1.54) is 0 Å². The number of piperazine rings is 1. The summed E-state index contributed by atoms with van der Waals surface area (Å²) in [6, 6.07) is 6.99. The Morgan fingerprint density at radius 3 is 2.00 bits per heavy atom. The molecule has 2 rings (SSSR count). The van der Waals surface area contributed by atoms with E-state index in [1.54, 1.807) is 21.9 Å². The molecule has 1 aliphatic heterocycles. The van der Waals surface area contributed by atoms with Crippen LogP contribution in [0.25, 0.3) is 0 Å². The number of nitrogens with one attached hydrogen (secondary N) is 1. The highest BCUT2D eigenvalue weighted by molar-refractivity contribution is 5.75. The van der Waals surface area contributed by atoms with E-state index in [0.29, 0.717) is 38.5 Å². The van der Waals surface area contributed by atoms with Crippen molar-refractivity contribution in [2.24, 2.45) is 0 Å². The Hall–Kier alpha value is -2.64. The summed E-state index contributed by atoms with van der Waals surface area (Å²) >= 11 is 0. The van der Waals surface area contributed by atoms with Gasteiger partial charge in [0.1, 0.15) is 17.1 Å². The maximum absolute atomic E-state index is 12.2. The van der Waals surface area contributed by atoms with Crippen LogP contribution in [0.2, 0.25) is 0 Å². The fraction of sp³-hybridized carbons (Fsp3) is 0.579. The molecule has 1 aromatic rings. The number of hydrogen-bond acceptors (Lipinski definition) is 5. The third-order valence-corrected chi connectivity index (χ3v) is 3.82. The second kappa shape index (κ2) is 9.34. The van der Waals surface area contributed by atoms with Crippen molar-refractivity contribution in [3.63, 3.8) is 0 Å². The van der Waals surface area contributed by atoms with Crippen molar-refractivity contribution in [2.45, 2.75) is 33.3 Å². The Morgan fingerprint density at radius 2 is 1.48 bits per heavy atom. The summed E-state index contributed by atoms with van der Waals surface area (Å²) in [6.07, 6.45) is -0.346. The Bertz CT molecular complexity index is 619. The highest BCUT2D eigenvalue weighted by Gasteiger charge is 2.27. The lowest BCUT2D eigenvalue weighted by atomic mass is 10.2. The van der Waals surface area contributed by atoms with Gasteiger partial charge in [-0.2, -0.15) is 0 Å². The van der Waals surface area contributed by atoms with Gasteiger partial charge in [-0.15, -0.1) is 0 Å². The zero-order chi connectivity index (χ0) is 19.9. The largest absolute Gasteiger partial charge is 0.494 e. The second-order valence-electron chi connectivity index (χ2n) is 7.13. The molecular formula is C19H29N3O5. The van der Waals surface area contributed by atoms with Crippen LogP contribution >= 0.6 is 0 Å². The van der Waals surface area contributed by atoms with Crippen LogP contribution in [-0.2, 0) is 4.74 Å². The molecule has 0 bridgehead atoms. The Labute approximate surface area is 160 Å². The fourth-order valence-corrected chi connectivity index (χ4v) is 2.51. The SMILES string of the molecule is CCOc1ccc(OCNC(=O)N2CCN(C(=O)OC(C)(C)C)CC2)cc1. The Kier molecular flexibility index (Phi) is 7.15. The zero-order valence-corrected chi connectivity index (χ0v) is 16.5. The van der Waals surface area contributed by atoms with E-state index >= 15 is 0 Å². The molecular weight excluding hydrogens is 350 g/mol. The first kappa shape index (κ1) is 20.7. The second-order valence-corrected chi connectivity index (χ2v) is 7.13. The average Bonchev–Trinajstić information content (AvgIpc) is 2.62. The van der Waals surface area contributed by atoms with Crippen molar-refractivity contribution < 1.29 is 23.8 Å². The number of hydrogen-bond donors (Lipinski definition) is 1. The van der Waals surface area contributed by atoms with Gasteiger partial charge in [-0.1, -0.05) is 0 Å². The lowest BCUT2D eigenvalue weighted by Gasteiger charge is -2.35. The van der Waals surface area contributed by atoms with Gasteiger partial charge in [-0.3, -0.25) is 0 Å². The van der Waals surface area contributed by atoms with Gasteiger partial charge in [0.05, 0.1) is 6.61 Å². The van der Waals surface area contributed by atoms with E-state index in [0.717, 1.165) is 5.75 Å². The number of amides is 3. The van der Waals surface area contributed by atoms with E-state index in [1.807, 2.05) is 39.8 Å².